The number of methoxy groups -OCH3 is 1. The average molecular weight is 215 g/mol. The summed E-state index contributed by atoms with van der Waals surface area (Å²) in [5, 5.41) is 0. The van der Waals surface area contributed by atoms with Crippen molar-refractivity contribution >= 4 is 30.4 Å². The monoisotopic (exact) mass is 215 g/mol. The SMILES string of the molecule is COC(=O)CCN(C(=O)C=O)C(=O)C=O. The van der Waals surface area contributed by atoms with Crippen LogP contribution in [0.25, 0.3) is 0 Å². The van der Waals surface area contributed by atoms with Gasteiger partial charge < -0.3 is 4.74 Å². The lowest BCUT2D eigenvalue weighted by molar-refractivity contribution is -0.151. The molecular weight excluding hydrogens is 206 g/mol. The number of esters is 1. The molecule has 2 amide bonds. The number of imide groups is 1. The molecule has 0 unspecified atom stereocenters. The van der Waals surface area contributed by atoms with Crippen molar-refractivity contribution in [2.45, 2.75) is 6.42 Å². The Bertz CT molecular complexity index is 278. The van der Waals surface area contributed by atoms with Gasteiger partial charge in [0, 0.05) is 6.54 Å². The summed E-state index contributed by atoms with van der Waals surface area (Å²) < 4.78 is 4.26. The molecule has 0 saturated carbocycles. The first-order valence-electron chi connectivity index (χ1n) is 3.89. The predicted octanol–water partition coefficient (Wildman–Crippen LogP) is -1.70. The van der Waals surface area contributed by atoms with Gasteiger partial charge in [-0.3, -0.25) is 28.9 Å². The number of rotatable bonds is 5. The molecule has 7 nitrogen and oxygen atoms in total. The van der Waals surface area contributed by atoms with Crippen molar-refractivity contribution in [1.82, 2.24) is 4.90 Å². The maximum absolute atomic E-state index is 10.8. The van der Waals surface area contributed by atoms with Crippen LogP contribution in [0.4, 0.5) is 0 Å². The van der Waals surface area contributed by atoms with E-state index in [2.05, 4.69) is 4.74 Å². The van der Waals surface area contributed by atoms with Gasteiger partial charge in [-0.15, -0.1) is 0 Å². The molecule has 82 valence electrons. The fraction of sp³-hybridized carbons (Fsp3) is 0.375. The van der Waals surface area contributed by atoms with Gasteiger partial charge in [0.2, 0.25) is 12.6 Å². The Kier molecular flexibility index (Phi) is 5.53. The van der Waals surface area contributed by atoms with E-state index in [1.54, 1.807) is 0 Å². The normalized spacial score (nSPS) is 8.87. The number of carbonyl (C=O) groups excluding carboxylic acids is 5. The van der Waals surface area contributed by atoms with E-state index in [0.29, 0.717) is 4.90 Å². The highest BCUT2D eigenvalue weighted by Gasteiger charge is 2.20. The van der Waals surface area contributed by atoms with Crippen LogP contribution in [0.1, 0.15) is 6.42 Å². The quantitative estimate of drug-likeness (QED) is 0.308. The Morgan fingerprint density at radius 1 is 1.13 bits per heavy atom. The third-order valence-electron chi connectivity index (χ3n) is 1.50. The van der Waals surface area contributed by atoms with Gasteiger partial charge in [-0.2, -0.15) is 0 Å². The maximum Gasteiger partial charge on any atom is 0.307 e. The first-order chi connectivity index (χ1) is 7.06. The molecule has 0 aromatic carbocycles. The summed E-state index contributed by atoms with van der Waals surface area (Å²) in [5.74, 6) is -3.00. The molecule has 0 radical (unpaired) electrons. The van der Waals surface area contributed by atoms with Crippen molar-refractivity contribution in [3.05, 3.63) is 0 Å². The summed E-state index contributed by atoms with van der Waals surface area (Å²) in [5.41, 5.74) is 0. The molecule has 7 heteroatoms. The van der Waals surface area contributed by atoms with Gasteiger partial charge in [0.1, 0.15) is 0 Å². The van der Waals surface area contributed by atoms with Crippen molar-refractivity contribution in [3.63, 3.8) is 0 Å². The number of nitrogens with zero attached hydrogens (tertiary/aromatic N) is 1. The molecule has 0 fully saturated rings. The zero-order chi connectivity index (χ0) is 11.8. The number of hydrogen-bond donors (Lipinski definition) is 0. The third kappa shape index (κ3) is 4.12. The van der Waals surface area contributed by atoms with Crippen LogP contribution in [0.5, 0.6) is 0 Å². The van der Waals surface area contributed by atoms with E-state index in [0.717, 1.165) is 7.11 Å². The molecule has 0 saturated heterocycles. The Morgan fingerprint density at radius 3 is 1.93 bits per heavy atom. The summed E-state index contributed by atoms with van der Waals surface area (Å²) in [4.78, 5) is 53.0. The Morgan fingerprint density at radius 2 is 1.60 bits per heavy atom. The molecule has 0 aliphatic carbocycles. The number of ether oxygens (including phenoxy) is 1. The Hall–Kier alpha value is -2.05. The highest BCUT2D eigenvalue weighted by Crippen LogP contribution is 1.93. The zero-order valence-corrected chi connectivity index (χ0v) is 7.97. The molecular formula is C8H9NO6. The summed E-state index contributed by atoms with van der Waals surface area (Å²) >= 11 is 0. The van der Waals surface area contributed by atoms with Crippen molar-refractivity contribution in [2.24, 2.45) is 0 Å². The third-order valence-corrected chi connectivity index (χ3v) is 1.50. The predicted molar refractivity (Wildman–Crippen MR) is 45.5 cm³/mol. The second-order valence-electron chi connectivity index (χ2n) is 2.39. The molecule has 0 bridgehead atoms. The van der Waals surface area contributed by atoms with E-state index >= 15 is 0 Å². The molecule has 0 aliphatic heterocycles. The number of carbonyl (C=O) groups is 5. The lowest BCUT2D eigenvalue weighted by Gasteiger charge is -2.13. The van der Waals surface area contributed by atoms with Crippen LogP contribution in [0.3, 0.4) is 0 Å². The van der Waals surface area contributed by atoms with Gasteiger partial charge >= 0.3 is 5.97 Å². The van der Waals surface area contributed by atoms with Crippen LogP contribution in [0, 0.1) is 0 Å². The molecule has 0 heterocycles. The highest BCUT2D eigenvalue weighted by atomic mass is 16.5. The average Bonchev–Trinajstić information content (AvgIpc) is 2.27. The molecule has 0 aromatic heterocycles. The molecule has 15 heavy (non-hydrogen) atoms. The van der Waals surface area contributed by atoms with Crippen LogP contribution in [-0.2, 0) is 28.7 Å². The Balaban J connectivity index is 4.45. The lowest BCUT2D eigenvalue weighted by Crippen LogP contribution is -2.39. The van der Waals surface area contributed by atoms with Gasteiger partial charge in [0.05, 0.1) is 13.5 Å². The van der Waals surface area contributed by atoms with Crippen LogP contribution in [-0.4, -0.2) is 48.9 Å². The van der Waals surface area contributed by atoms with E-state index in [1.807, 2.05) is 0 Å². The van der Waals surface area contributed by atoms with Gasteiger partial charge in [0.15, 0.2) is 0 Å². The van der Waals surface area contributed by atoms with E-state index in [-0.39, 0.29) is 25.5 Å². The number of aldehydes is 2. The van der Waals surface area contributed by atoms with Crippen molar-refractivity contribution in [2.75, 3.05) is 13.7 Å². The van der Waals surface area contributed by atoms with Crippen LogP contribution >= 0.6 is 0 Å². The summed E-state index contributed by atoms with van der Waals surface area (Å²) in [6.45, 7) is -0.359. The first kappa shape index (κ1) is 12.9. The fourth-order valence-corrected chi connectivity index (χ4v) is 0.761. The molecule has 0 aromatic rings. The second kappa shape index (κ2) is 6.41. The van der Waals surface area contributed by atoms with Gasteiger partial charge in [-0.25, -0.2) is 0 Å². The minimum absolute atomic E-state index is 0.112. The van der Waals surface area contributed by atoms with Crippen LogP contribution in [0.15, 0.2) is 0 Å². The minimum Gasteiger partial charge on any atom is -0.469 e. The molecule has 0 atom stereocenters. The largest absolute Gasteiger partial charge is 0.469 e. The minimum atomic E-state index is -1.17. The summed E-state index contributed by atoms with van der Waals surface area (Å²) in [6, 6.07) is 0. The lowest BCUT2D eigenvalue weighted by atomic mass is 10.3. The fourth-order valence-electron chi connectivity index (χ4n) is 0.761. The maximum atomic E-state index is 10.8. The van der Waals surface area contributed by atoms with Crippen molar-refractivity contribution < 1.29 is 28.7 Å². The topological polar surface area (TPSA) is 97.8 Å². The zero-order valence-electron chi connectivity index (χ0n) is 7.97. The van der Waals surface area contributed by atoms with E-state index in [1.165, 1.54) is 0 Å². The molecule has 0 N–H and O–H groups in total. The van der Waals surface area contributed by atoms with Gasteiger partial charge in [0.25, 0.3) is 11.8 Å². The number of amides is 2. The van der Waals surface area contributed by atoms with Crippen LogP contribution < -0.4 is 0 Å². The highest BCUT2D eigenvalue weighted by molar-refractivity contribution is 6.36. The van der Waals surface area contributed by atoms with Crippen molar-refractivity contribution in [3.8, 4) is 0 Å². The van der Waals surface area contributed by atoms with E-state index in [9.17, 15) is 24.0 Å². The standard InChI is InChI=1S/C8H9NO6/c1-15-8(14)2-3-9(6(12)4-10)7(13)5-11/h4-5H,2-3H2,1H3. The smallest absolute Gasteiger partial charge is 0.307 e. The first-order valence-corrected chi connectivity index (χ1v) is 3.89. The molecule has 0 aliphatic rings. The van der Waals surface area contributed by atoms with E-state index in [4.69, 9.17) is 0 Å². The van der Waals surface area contributed by atoms with Crippen LogP contribution in [0.2, 0.25) is 0 Å². The molecule has 0 rings (SSSR count). The van der Waals surface area contributed by atoms with Crippen molar-refractivity contribution in [1.29, 1.82) is 0 Å². The summed E-state index contributed by atoms with van der Waals surface area (Å²) in [6.07, 6.45) is -0.493. The number of hydrogen-bond acceptors (Lipinski definition) is 6. The summed E-state index contributed by atoms with van der Waals surface area (Å²) in [7, 11) is 1.13. The molecule has 0 spiro atoms. The van der Waals surface area contributed by atoms with Gasteiger partial charge in [-0.1, -0.05) is 0 Å². The van der Waals surface area contributed by atoms with Gasteiger partial charge in [-0.05, 0) is 0 Å². The second-order valence-corrected chi connectivity index (χ2v) is 2.39. The van der Waals surface area contributed by atoms with E-state index < -0.39 is 17.8 Å². The Labute approximate surface area is 85.0 Å².